The summed E-state index contributed by atoms with van der Waals surface area (Å²) in [6.45, 7) is 6.56. The number of hydrogen-bond donors (Lipinski definition) is 0. The van der Waals surface area contributed by atoms with Crippen molar-refractivity contribution in [3.05, 3.63) is 70.7 Å². The Morgan fingerprint density at radius 2 is 1.48 bits per heavy atom. The Kier molecular flexibility index (Phi) is 4.70. The summed E-state index contributed by atoms with van der Waals surface area (Å²) in [5.41, 5.74) is 2.21. The highest BCUT2D eigenvalue weighted by Crippen LogP contribution is 2.45. The second-order valence-electron chi connectivity index (χ2n) is 6.41. The Labute approximate surface area is 132 Å². The molecule has 2 atom stereocenters. The monoisotopic (exact) mass is 297 g/mol. The van der Waals surface area contributed by atoms with Crippen molar-refractivity contribution in [1.29, 1.82) is 5.26 Å². The van der Waals surface area contributed by atoms with Crippen molar-refractivity contribution in [1.82, 2.24) is 0 Å². The minimum Gasteiger partial charge on any atom is -0.198 e. The lowest BCUT2D eigenvalue weighted by atomic mass is 9.68. The molecule has 2 heteroatoms. The molecule has 0 saturated heterocycles. The summed E-state index contributed by atoms with van der Waals surface area (Å²) in [6, 6.07) is 20.4. The lowest BCUT2D eigenvalue weighted by Crippen LogP contribution is -2.24. The molecule has 108 valence electrons. The SMILES string of the molecule is CC(C)(C)[C@@H](c1ccccc1)[C@@H](C#N)c1ccc(Cl)cc1. The second kappa shape index (κ2) is 6.33. The first-order valence-corrected chi connectivity index (χ1v) is 7.51. The van der Waals surface area contributed by atoms with Crippen LogP contribution in [0, 0.1) is 16.7 Å². The molecule has 0 heterocycles. The van der Waals surface area contributed by atoms with Crippen LogP contribution in [0.5, 0.6) is 0 Å². The maximum absolute atomic E-state index is 9.76. The predicted molar refractivity (Wildman–Crippen MR) is 88.4 cm³/mol. The fourth-order valence-electron chi connectivity index (χ4n) is 2.86. The normalized spacial score (nSPS) is 14.2. The topological polar surface area (TPSA) is 23.8 Å². The van der Waals surface area contributed by atoms with Crippen LogP contribution in [0.3, 0.4) is 0 Å². The van der Waals surface area contributed by atoms with E-state index in [1.807, 2.05) is 42.5 Å². The van der Waals surface area contributed by atoms with E-state index in [1.165, 1.54) is 5.56 Å². The fraction of sp³-hybridized carbons (Fsp3) is 0.316. The van der Waals surface area contributed by atoms with Crippen molar-refractivity contribution in [2.24, 2.45) is 5.41 Å². The molecule has 1 nitrogen and oxygen atoms in total. The number of nitrogens with zero attached hydrogens (tertiary/aromatic N) is 1. The summed E-state index contributed by atoms with van der Waals surface area (Å²) < 4.78 is 0. The van der Waals surface area contributed by atoms with Crippen molar-refractivity contribution >= 4 is 11.6 Å². The number of benzene rings is 2. The van der Waals surface area contributed by atoms with E-state index >= 15 is 0 Å². The molecule has 21 heavy (non-hydrogen) atoms. The first kappa shape index (κ1) is 15.6. The Morgan fingerprint density at radius 1 is 0.905 bits per heavy atom. The fourth-order valence-corrected chi connectivity index (χ4v) is 2.99. The molecule has 0 amide bonds. The van der Waals surface area contributed by atoms with Crippen molar-refractivity contribution in [2.75, 3.05) is 0 Å². The highest BCUT2D eigenvalue weighted by Gasteiger charge is 2.34. The quantitative estimate of drug-likeness (QED) is 0.704. The molecular weight excluding hydrogens is 278 g/mol. The molecule has 0 N–H and O–H groups in total. The average Bonchev–Trinajstić information content (AvgIpc) is 2.45. The van der Waals surface area contributed by atoms with Crippen molar-refractivity contribution in [3.8, 4) is 6.07 Å². The lowest BCUT2D eigenvalue weighted by molar-refractivity contribution is 0.302. The van der Waals surface area contributed by atoms with E-state index in [2.05, 4.69) is 39.0 Å². The largest absolute Gasteiger partial charge is 0.198 e. The van der Waals surface area contributed by atoms with Crippen LogP contribution in [-0.2, 0) is 0 Å². The van der Waals surface area contributed by atoms with E-state index in [0.717, 1.165) is 5.56 Å². The van der Waals surface area contributed by atoms with E-state index < -0.39 is 0 Å². The van der Waals surface area contributed by atoms with Gasteiger partial charge in [0.05, 0.1) is 12.0 Å². The van der Waals surface area contributed by atoms with Gasteiger partial charge >= 0.3 is 0 Å². The van der Waals surface area contributed by atoms with Gasteiger partial charge in [0.15, 0.2) is 0 Å². The highest BCUT2D eigenvalue weighted by atomic mass is 35.5. The van der Waals surface area contributed by atoms with Crippen LogP contribution in [0.4, 0.5) is 0 Å². The predicted octanol–water partition coefficient (Wildman–Crippen LogP) is 5.78. The van der Waals surface area contributed by atoms with Crippen LogP contribution >= 0.6 is 11.6 Å². The Bertz CT molecular complexity index is 617. The summed E-state index contributed by atoms with van der Waals surface area (Å²) in [7, 11) is 0. The van der Waals surface area contributed by atoms with Gasteiger partial charge in [0.2, 0.25) is 0 Å². The average molecular weight is 298 g/mol. The first-order chi connectivity index (χ1) is 9.93. The first-order valence-electron chi connectivity index (χ1n) is 7.13. The molecule has 0 aromatic heterocycles. The van der Waals surface area contributed by atoms with Gasteiger partial charge in [-0.3, -0.25) is 0 Å². The molecule has 2 rings (SSSR count). The smallest absolute Gasteiger partial charge is 0.0786 e. The van der Waals surface area contributed by atoms with Crippen LogP contribution < -0.4 is 0 Å². The summed E-state index contributed by atoms with van der Waals surface area (Å²) in [4.78, 5) is 0. The minimum absolute atomic E-state index is 0.0125. The van der Waals surface area contributed by atoms with E-state index in [4.69, 9.17) is 11.6 Å². The van der Waals surface area contributed by atoms with Gasteiger partial charge in [0.25, 0.3) is 0 Å². The molecule has 0 radical (unpaired) electrons. The zero-order valence-electron chi connectivity index (χ0n) is 12.7. The van der Waals surface area contributed by atoms with Gasteiger partial charge < -0.3 is 0 Å². The van der Waals surface area contributed by atoms with Crippen molar-refractivity contribution in [2.45, 2.75) is 32.6 Å². The van der Waals surface area contributed by atoms with Gasteiger partial charge in [0, 0.05) is 10.9 Å². The minimum atomic E-state index is -0.190. The van der Waals surface area contributed by atoms with E-state index in [1.54, 1.807) is 0 Å². The van der Waals surface area contributed by atoms with Crippen molar-refractivity contribution in [3.63, 3.8) is 0 Å². The number of halogens is 1. The molecule has 0 aliphatic carbocycles. The number of hydrogen-bond acceptors (Lipinski definition) is 1. The van der Waals surface area contributed by atoms with Crippen LogP contribution in [0.25, 0.3) is 0 Å². The molecule has 0 bridgehead atoms. The standard InChI is InChI=1S/C19H20ClN/c1-19(2,3)18(15-7-5-4-6-8-15)17(13-21)14-9-11-16(20)12-10-14/h4-12,17-18H,1-3H3/t17-,18-/m0/s1. The molecule has 0 spiro atoms. The third kappa shape index (κ3) is 3.65. The zero-order chi connectivity index (χ0) is 15.5. The van der Waals surface area contributed by atoms with Crippen LogP contribution in [0.15, 0.2) is 54.6 Å². The maximum Gasteiger partial charge on any atom is 0.0786 e. The van der Waals surface area contributed by atoms with E-state index in [-0.39, 0.29) is 17.3 Å². The van der Waals surface area contributed by atoms with Gasteiger partial charge in [-0.25, -0.2) is 0 Å². The molecule has 0 fully saturated rings. The molecule has 0 aliphatic rings. The molecule has 2 aromatic carbocycles. The molecule has 0 unspecified atom stereocenters. The summed E-state index contributed by atoms with van der Waals surface area (Å²) in [6.07, 6.45) is 0. The van der Waals surface area contributed by atoms with E-state index in [9.17, 15) is 5.26 Å². The second-order valence-corrected chi connectivity index (χ2v) is 6.85. The Balaban J connectivity index is 2.49. The number of nitriles is 1. The number of rotatable bonds is 3. The zero-order valence-corrected chi connectivity index (χ0v) is 13.4. The van der Waals surface area contributed by atoms with Gasteiger partial charge in [-0.05, 0) is 28.7 Å². The Hall–Kier alpha value is -1.78. The summed E-state index contributed by atoms with van der Waals surface area (Å²) >= 11 is 5.96. The van der Waals surface area contributed by atoms with E-state index in [0.29, 0.717) is 5.02 Å². The molecule has 2 aromatic rings. The molecule has 0 aliphatic heterocycles. The van der Waals surface area contributed by atoms with Crippen LogP contribution in [0.2, 0.25) is 5.02 Å². The van der Waals surface area contributed by atoms with Gasteiger partial charge in [-0.1, -0.05) is 74.8 Å². The van der Waals surface area contributed by atoms with Gasteiger partial charge in [0.1, 0.15) is 0 Å². The lowest BCUT2D eigenvalue weighted by Gasteiger charge is -2.34. The van der Waals surface area contributed by atoms with Crippen molar-refractivity contribution < 1.29 is 0 Å². The van der Waals surface area contributed by atoms with Crippen LogP contribution in [-0.4, -0.2) is 0 Å². The van der Waals surface area contributed by atoms with Gasteiger partial charge in [-0.15, -0.1) is 0 Å². The third-order valence-electron chi connectivity index (χ3n) is 3.79. The summed E-state index contributed by atoms with van der Waals surface area (Å²) in [5, 5.41) is 10.5. The third-order valence-corrected chi connectivity index (χ3v) is 4.05. The van der Waals surface area contributed by atoms with Gasteiger partial charge in [-0.2, -0.15) is 5.26 Å². The highest BCUT2D eigenvalue weighted by molar-refractivity contribution is 6.30. The molecule has 0 saturated carbocycles. The maximum atomic E-state index is 9.76. The summed E-state index contributed by atoms with van der Waals surface area (Å²) in [5.74, 6) is -0.0606. The molecular formula is C19H20ClN. The van der Waals surface area contributed by atoms with Crippen LogP contribution in [0.1, 0.15) is 43.7 Å². The Morgan fingerprint density at radius 3 is 1.95 bits per heavy atom.